The highest BCUT2D eigenvalue weighted by Crippen LogP contribution is 2.23. The van der Waals surface area contributed by atoms with E-state index in [1.54, 1.807) is 29.5 Å². The summed E-state index contributed by atoms with van der Waals surface area (Å²) in [6, 6.07) is 15.1. The maximum Gasteiger partial charge on any atom is 0.253 e. The lowest BCUT2D eigenvalue weighted by atomic mass is 10.1. The molecule has 0 fully saturated rings. The number of nitrogens with zero attached hydrogens (tertiary/aromatic N) is 1. The van der Waals surface area contributed by atoms with E-state index in [1.165, 1.54) is 4.70 Å². The summed E-state index contributed by atoms with van der Waals surface area (Å²) in [6.45, 7) is 2.61. The van der Waals surface area contributed by atoms with E-state index in [0.29, 0.717) is 24.2 Å². The molecule has 0 aliphatic rings. The number of rotatable bonds is 8. The average molecular weight is 382 g/mol. The van der Waals surface area contributed by atoms with Gasteiger partial charge in [-0.05, 0) is 43.5 Å². The maximum absolute atomic E-state index is 12.3. The normalized spacial score (nSPS) is 10.7. The van der Waals surface area contributed by atoms with Crippen molar-refractivity contribution in [2.75, 3.05) is 11.9 Å². The van der Waals surface area contributed by atoms with Crippen LogP contribution in [0.25, 0.3) is 10.2 Å². The Labute approximate surface area is 162 Å². The Morgan fingerprint density at radius 3 is 2.67 bits per heavy atom. The Morgan fingerprint density at radius 1 is 1.07 bits per heavy atom. The van der Waals surface area contributed by atoms with Crippen molar-refractivity contribution in [2.45, 2.75) is 32.6 Å². The number of nitrogens with one attached hydrogen (secondary N) is 2. The van der Waals surface area contributed by atoms with Crippen molar-refractivity contribution < 1.29 is 9.59 Å². The minimum atomic E-state index is -0.165. The van der Waals surface area contributed by atoms with E-state index in [-0.39, 0.29) is 11.8 Å². The van der Waals surface area contributed by atoms with E-state index in [9.17, 15) is 9.59 Å². The highest BCUT2D eigenvalue weighted by molar-refractivity contribution is 7.18. The number of hydrogen-bond donors (Lipinski definition) is 2. The van der Waals surface area contributed by atoms with E-state index in [4.69, 9.17) is 0 Å². The van der Waals surface area contributed by atoms with Gasteiger partial charge in [-0.2, -0.15) is 0 Å². The van der Waals surface area contributed by atoms with Crippen molar-refractivity contribution >= 4 is 39.1 Å². The average Bonchev–Trinajstić information content (AvgIpc) is 3.09. The second kappa shape index (κ2) is 9.28. The second-order valence-electron chi connectivity index (χ2n) is 6.28. The highest BCUT2D eigenvalue weighted by Gasteiger charge is 2.12. The quantitative estimate of drug-likeness (QED) is 0.608. The van der Waals surface area contributed by atoms with Gasteiger partial charge in [-0.15, -0.1) is 11.3 Å². The lowest BCUT2D eigenvalue weighted by Gasteiger charge is -2.11. The van der Waals surface area contributed by atoms with Crippen LogP contribution in [0.1, 0.15) is 41.6 Å². The second-order valence-corrected chi connectivity index (χ2v) is 7.39. The van der Waals surface area contributed by atoms with Gasteiger partial charge in [0.2, 0.25) is 5.91 Å². The Morgan fingerprint density at radius 2 is 1.85 bits per heavy atom. The first-order chi connectivity index (χ1) is 13.2. The number of thiazole rings is 1. The molecular formula is C21H23N3O2S. The van der Waals surface area contributed by atoms with Gasteiger partial charge in [0.05, 0.1) is 26.5 Å². The minimum Gasteiger partial charge on any atom is -0.352 e. The number of carbonyl (C=O) groups is 2. The first kappa shape index (κ1) is 19.0. The predicted molar refractivity (Wildman–Crippen MR) is 110 cm³/mol. The molecule has 6 heteroatoms. The lowest BCUT2D eigenvalue weighted by molar-refractivity contribution is -0.116. The van der Waals surface area contributed by atoms with E-state index >= 15 is 0 Å². The van der Waals surface area contributed by atoms with Gasteiger partial charge in [-0.25, -0.2) is 4.98 Å². The largest absolute Gasteiger partial charge is 0.352 e. The van der Waals surface area contributed by atoms with Gasteiger partial charge in [-0.3, -0.25) is 9.59 Å². The fourth-order valence-electron chi connectivity index (χ4n) is 2.76. The van der Waals surface area contributed by atoms with Crippen LogP contribution in [0.5, 0.6) is 0 Å². The van der Waals surface area contributed by atoms with Gasteiger partial charge in [0.25, 0.3) is 5.91 Å². The van der Waals surface area contributed by atoms with Crippen LogP contribution in [-0.2, 0) is 11.2 Å². The van der Waals surface area contributed by atoms with Crippen molar-refractivity contribution in [1.29, 1.82) is 0 Å². The molecule has 0 aliphatic heterocycles. The Balaban J connectivity index is 1.54. The number of para-hydroxylation sites is 2. The fraction of sp³-hybridized carbons (Fsp3) is 0.286. The SMILES string of the molecule is CCCNC(=O)c1ccccc1NC(=O)CCCc1nc2ccccc2s1. The Kier molecular flexibility index (Phi) is 6.54. The summed E-state index contributed by atoms with van der Waals surface area (Å²) < 4.78 is 1.17. The Hall–Kier alpha value is -2.73. The summed E-state index contributed by atoms with van der Waals surface area (Å²) in [4.78, 5) is 29.1. The third-order valence-electron chi connectivity index (χ3n) is 4.11. The predicted octanol–water partition coefficient (Wildman–Crippen LogP) is 4.40. The molecule has 5 nitrogen and oxygen atoms in total. The zero-order valence-corrected chi connectivity index (χ0v) is 16.1. The summed E-state index contributed by atoms with van der Waals surface area (Å²) in [5.41, 5.74) is 2.05. The minimum absolute atomic E-state index is 0.0909. The number of aromatic nitrogens is 1. The van der Waals surface area contributed by atoms with Gasteiger partial charge in [0, 0.05) is 13.0 Å². The highest BCUT2D eigenvalue weighted by atomic mass is 32.1. The lowest BCUT2D eigenvalue weighted by Crippen LogP contribution is -2.25. The molecule has 0 atom stereocenters. The molecule has 3 rings (SSSR count). The first-order valence-corrected chi connectivity index (χ1v) is 10.0. The van der Waals surface area contributed by atoms with Crippen LogP contribution in [0.2, 0.25) is 0 Å². The zero-order valence-electron chi connectivity index (χ0n) is 15.3. The molecule has 2 amide bonds. The molecular weight excluding hydrogens is 358 g/mol. The zero-order chi connectivity index (χ0) is 19.1. The molecule has 0 spiro atoms. The number of amides is 2. The molecule has 0 saturated heterocycles. The molecule has 1 aromatic heterocycles. The molecule has 140 valence electrons. The molecule has 2 aromatic carbocycles. The third-order valence-corrected chi connectivity index (χ3v) is 5.21. The number of hydrogen-bond acceptors (Lipinski definition) is 4. The number of aryl methyl sites for hydroxylation is 1. The van der Waals surface area contributed by atoms with Gasteiger partial charge >= 0.3 is 0 Å². The maximum atomic E-state index is 12.3. The van der Waals surface area contributed by atoms with Crippen molar-refractivity contribution in [2.24, 2.45) is 0 Å². The molecule has 3 aromatic rings. The number of fused-ring (bicyclic) bond motifs is 1. The van der Waals surface area contributed by atoms with Crippen LogP contribution in [0.3, 0.4) is 0 Å². The van der Waals surface area contributed by atoms with Crippen LogP contribution in [-0.4, -0.2) is 23.3 Å². The van der Waals surface area contributed by atoms with Gasteiger partial charge in [0.15, 0.2) is 0 Å². The Bertz CT molecular complexity index is 903. The molecule has 1 heterocycles. The standard InChI is InChI=1S/C21H23N3O2S/c1-2-14-22-21(26)15-8-3-4-9-16(15)23-19(25)12-7-13-20-24-17-10-5-6-11-18(17)27-20/h3-6,8-11H,2,7,12-14H2,1H3,(H,22,26)(H,23,25). The molecule has 0 bridgehead atoms. The monoisotopic (exact) mass is 381 g/mol. The molecule has 27 heavy (non-hydrogen) atoms. The summed E-state index contributed by atoms with van der Waals surface area (Å²) >= 11 is 1.67. The molecule has 0 radical (unpaired) electrons. The smallest absolute Gasteiger partial charge is 0.253 e. The van der Waals surface area contributed by atoms with Crippen LogP contribution in [0, 0.1) is 0 Å². The van der Waals surface area contributed by atoms with Crippen LogP contribution >= 0.6 is 11.3 Å². The summed E-state index contributed by atoms with van der Waals surface area (Å²) in [7, 11) is 0. The number of carbonyl (C=O) groups excluding carboxylic acids is 2. The van der Waals surface area contributed by atoms with E-state index in [1.807, 2.05) is 31.2 Å². The van der Waals surface area contributed by atoms with Crippen LogP contribution < -0.4 is 10.6 Å². The summed E-state index contributed by atoms with van der Waals surface area (Å²) in [5, 5.41) is 6.75. The van der Waals surface area contributed by atoms with Crippen molar-refractivity contribution in [1.82, 2.24) is 10.3 Å². The molecule has 0 saturated carbocycles. The summed E-state index contributed by atoms with van der Waals surface area (Å²) in [6.07, 6.45) is 2.74. The molecule has 0 unspecified atom stereocenters. The van der Waals surface area contributed by atoms with Crippen LogP contribution in [0.15, 0.2) is 48.5 Å². The van der Waals surface area contributed by atoms with Gasteiger partial charge in [0.1, 0.15) is 0 Å². The number of benzene rings is 2. The number of anilines is 1. The van der Waals surface area contributed by atoms with E-state index < -0.39 is 0 Å². The van der Waals surface area contributed by atoms with Crippen molar-refractivity contribution in [3.8, 4) is 0 Å². The molecule has 0 aliphatic carbocycles. The first-order valence-electron chi connectivity index (χ1n) is 9.19. The van der Waals surface area contributed by atoms with Crippen molar-refractivity contribution in [3.63, 3.8) is 0 Å². The molecule has 2 N–H and O–H groups in total. The fourth-order valence-corrected chi connectivity index (χ4v) is 3.77. The topological polar surface area (TPSA) is 71.1 Å². The van der Waals surface area contributed by atoms with Crippen LogP contribution in [0.4, 0.5) is 5.69 Å². The summed E-state index contributed by atoms with van der Waals surface area (Å²) in [5.74, 6) is -0.255. The van der Waals surface area contributed by atoms with Gasteiger partial charge < -0.3 is 10.6 Å². The van der Waals surface area contributed by atoms with E-state index in [0.717, 1.165) is 29.8 Å². The van der Waals surface area contributed by atoms with E-state index in [2.05, 4.69) is 21.7 Å². The third kappa shape index (κ3) is 5.14. The van der Waals surface area contributed by atoms with Gasteiger partial charge in [-0.1, -0.05) is 31.2 Å². The van der Waals surface area contributed by atoms with Crippen molar-refractivity contribution in [3.05, 3.63) is 59.1 Å².